The number of methoxy groups -OCH3 is 1. The predicted molar refractivity (Wildman–Crippen MR) is 150 cm³/mol. The third kappa shape index (κ3) is 5.45. The van der Waals surface area contributed by atoms with Crippen molar-refractivity contribution in [2.75, 3.05) is 13.7 Å². The number of ether oxygens (including phenoxy) is 3. The molecule has 0 spiro atoms. The summed E-state index contributed by atoms with van der Waals surface area (Å²) in [5.74, 6) is 1.12. The molecule has 0 saturated carbocycles. The molecule has 4 rings (SSSR count). The van der Waals surface area contributed by atoms with Crippen LogP contribution in [0.4, 0.5) is 0 Å². The normalized spacial score (nSPS) is 15.5. The Morgan fingerprint density at radius 2 is 1.82 bits per heavy atom. The van der Waals surface area contributed by atoms with E-state index in [1.165, 1.54) is 16.9 Å². The maximum absolute atomic E-state index is 13.8. The van der Waals surface area contributed by atoms with Gasteiger partial charge in [-0.15, -0.1) is 0 Å². The number of rotatable bonds is 8. The van der Waals surface area contributed by atoms with Crippen LogP contribution in [0, 0.1) is 0 Å². The molecule has 0 fully saturated rings. The Hall–Kier alpha value is -3.65. The molecule has 0 amide bonds. The number of thiazole rings is 1. The van der Waals surface area contributed by atoms with Gasteiger partial charge in [-0.05, 0) is 68.5 Å². The van der Waals surface area contributed by atoms with Gasteiger partial charge in [0.2, 0.25) is 0 Å². The number of allylic oxidation sites excluding steroid dienone is 1. The summed E-state index contributed by atoms with van der Waals surface area (Å²) in [7, 11) is 1.59. The fourth-order valence-corrected chi connectivity index (χ4v) is 5.49. The fourth-order valence-electron chi connectivity index (χ4n) is 4.45. The lowest BCUT2D eigenvalue weighted by Gasteiger charge is -2.25. The van der Waals surface area contributed by atoms with Crippen molar-refractivity contribution < 1.29 is 19.0 Å². The lowest BCUT2D eigenvalue weighted by atomic mass is 9.93. The minimum absolute atomic E-state index is 0.00452. The summed E-state index contributed by atoms with van der Waals surface area (Å²) >= 11 is 1.29. The second kappa shape index (κ2) is 11.4. The Morgan fingerprint density at radius 3 is 2.42 bits per heavy atom. The number of benzene rings is 2. The molecule has 1 aliphatic heterocycles. The highest BCUT2D eigenvalue weighted by atomic mass is 32.1. The number of aromatic nitrogens is 1. The highest BCUT2D eigenvalue weighted by Crippen LogP contribution is 2.32. The minimum atomic E-state index is -0.634. The third-order valence-electron chi connectivity index (χ3n) is 6.28. The van der Waals surface area contributed by atoms with E-state index >= 15 is 0 Å². The summed E-state index contributed by atoms with van der Waals surface area (Å²) in [5, 5.41) is 0. The zero-order valence-corrected chi connectivity index (χ0v) is 23.7. The molecule has 0 bridgehead atoms. The van der Waals surface area contributed by atoms with E-state index in [4.69, 9.17) is 14.2 Å². The Kier molecular flexibility index (Phi) is 8.21. The van der Waals surface area contributed by atoms with Crippen molar-refractivity contribution in [3.05, 3.63) is 90.1 Å². The van der Waals surface area contributed by atoms with Crippen LogP contribution in [0.15, 0.2) is 63.5 Å². The first-order valence-electron chi connectivity index (χ1n) is 12.8. The van der Waals surface area contributed by atoms with Crippen molar-refractivity contribution in [2.45, 2.75) is 59.6 Å². The van der Waals surface area contributed by atoms with Crippen molar-refractivity contribution in [2.24, 2.45) is 4.99 Å². The van der Waals surface area contributed by atoms with E-state index < -0.39 is 12.0 Å². The second-order valence-corrected chi connectivity index (χ2v) is 10.7. The van der Waals surface area contributed by atoms with E-state index in [0.29, 0.717) is 38.0 Å². The molecule has 0 N–H and O–H groups in total. The van der Waals surface area contributed by atoms with Crippen LogP contribution in [0.3, 0.4) is 0 Å². The van der Waals surface area contributed by atoms with E-state index in [9.17, 15) is 9.59 Å². The number of nitrogens with zero attached hydrogens (tertiary/aromatic N) is 2. The van der Waals surface area contributed by atoms with Crippen molar-refractivity contribution >= 4 is 23.4 Å². The standard InChI is InChI=1S/C30H34N2O5S/c1-8-36-29(34)26-19(6)31-30-32(27(26)22-12-10-21(11-13-22)17(2)3)28(33)25(38-30)16-20-9-14-23(37-18(4)5)24(15-20)35-7/h9-18,27H,8H2,1-7H3/b25-16-/t27-/m1/s1. The van der Waals surface area contributed by atoms with Crippen molar-refractivity contribution in [1.29, 1.82) is 0 Å². The highest BCUT2D eigenvalue weighted by Gasteiger charge is 2.33. The predicted octanol–water partition coefficient (Wildman–Crippen LogP) is 4.72. The maximum atomic E-state index is 13.8. The van der Waals surface area contributed by atoms with Gasteiger partial charge in [0, 0.05) is 0 Å². The zero-order valence-electron chi connectivity index (χ0n) is 22.9. The van der Waals surface area contributed by atoms with Gasteiger partial charge in [0.05, 0.1) is 41.7 Å². The van der Waals surface area contributed by atoms with Gasteiger partial charge >= 0.3 is 5.97 Å². The molecule has 0 radical (unpaired) electrons. The molecule has 1 aromatic heterocycles. The first-order chi connectivity index (χ1) is 18.1. The van der Waals surface area contributed by atoms with Crippen molar-refractivity contribution in [3.63, 3.8) is 0 Å². The highest BCUT2D eigenvalue weighted by molar-refractivity contribution is 7.07. The molecular weight excluding hydrogens is 500 g/mol. The van der Waals surface area contributed by atoms with Crippen LogP contribution in [-0.2, 0) is 9.53 Å². The minimum Gasteiger partial charge on any atom is -0.493 e. The molecule has 38 heavy (non-hydrogen) atoms. The fraction of sp³-hybridized carbons (Fsp3) is 0.367. The SMILES string of the molecule is CCOC(=O)C1=C(C)N=c2s/c(=C\c3ccc(OC(C)C)c(OC)c3)c(=O)n2[C@@H]1c1ccc(C(C)C)cc1. The molecule has 3 aromatic rings. The largest absolute Gasteiger partial charge is 0.493 e. The van der Waals surface area contributed by atoms with E-state index in [1.54, 1.807) is 25.5 Å². The Labute approximate surface area is 226 Å². The van der Waals surface area contributed by atoms with Crippen molar-refractivity contribution in [3.8, 4) is 11.5 Å². The molecule has 1 atom stereocenters. The number of fused-ring (bicyclic) bond motifs is 1. The van der Waals surface area contributed by atoms with Gasteiger partial charge in [-0.3, -0.25) is 9.36 Å². The third-order valence-corrected chi connectivity index (χ3v) is 7.27. The number of carbonyl (C=O) groups is 1. The molecule has 7 nitrogen and oxygen atoms in total. The Morgan fingerprint density at radius 1 is 1.11 bits per heavy atom. The van der Waals surface area contributed by atoms with Gasteiger partial charge in [-0.1, -0.05) is 55.5 Å². The van der Waals surface area contributed by atoms with Gasteiger partial charge in [-0.2, -0.15) is 0 Å². The monoisotopic (exact) mass is 534 g/mol. The van der Waals surface area contributed by atoms with Crippen LogP contribution >= 0.6 is 11.3 Å². The lowest BCUT2D eigenvalue weighted by Crippen LogP contribution is -2.39. The van der Waals surface area contributed by atoms with Crippen LogP contribution in [0.2, 0.25) is 0 Å². The summed E-state index contributed by atoms with van der Waals surface area (Å²) in [5.41, 5.74) is 3.51. The number of hydrogen-bond acceptors (Lipinski definition) is 7. The van der Waals surface area contributed by atoms with Crippen LogP contribution in [0.1, 0.15) is 70.2 Å². The van der Waals surface area contributed by atoms with Gasteiger partial charge in [0.15, 0.2) is 16.3 Å². The summed E-state index contributed by atoms with van der Waals surface area (Å²) in [4.78, 5) is 32.1. The molecular formula is C30H34N2O5S. The smallest absolute Gasteiger partial charge is 0.338 e. The number of hydrogen-bond donors (Lipinski definition) is 0. The Bertz CT molecular complexity index is 1540. The van der Waals surface area contributed by atoms with E-state index in [2.05, 4.69) is 18.8 Å². The molecule has 8 heteroatoms. The van der Waals surface area contributed by atoms with Crippen molar-refractivity contribution in [1.82, 2.24) is 4.57 Å². The van der Waals surface area contributed by atoms with E-state index in [0.717, 1.165) is 11.1 Å². The summed E-state index contributed by atoms with van der Waals surface area (Å²) in [6.07, 6.45) is 1.82. The van der Waals surface area contributed by atoms with Gasteiger partial charge < -0.3 is 14.2 Å². The molecule has 2 aromatic carbocycles. The van der Waals surface area contributed by atoms with Crippen LogP contribution in [-0.4, -0.2) is 30.4 Å². The zero-order chi connectivity index (χ0) is 27.6. The molecule has 0 aliphatic carbocycles. The number of esters is 1. The first-order valence-corrected chi connectivity index (χ1v) is 13.6. The molecule has 0 unspecified atom stereocenters. The lowest BCUT2D eigenvalue weighted by molar-refractivity contribution is -0.139. The van der Waals surface area contributed by atoms with Gasteiger partial charge in [0.25, 0.3) is 5.56 Å². The van der Waals surface area contributed by atoms with E-state index in [1.807, 2.05) is 62.4 Å². The molecule has 0 saturated heterocycles. The average Bonchev–Trinajstić information content (AvgIpc) is 3.18. The van der Waals surface area contributed by atoms with E-state index in [-0.39, 0.29) is 18.3 Å². The molecule has 1 aliphatic rings. The maximum Gasteiger partial charge on any atom is 0.338 e. The first kappa shape index (κ1) is 27.4. The summed E-state index contributed by atoms with van der Waals surface area (Å²) in [6, 6.07) is 13.0. The number of carbonyl (C=O) groups excluding carboxylic acids is 1. The van der Waals surface area contributed by atoms with Crippen LogP contribution in [0.25, 0.3) is 6.08 Å². The van der Waals surface area contributed by atoms with Crippen LogP contribution in [0.5, 0.6) is 11.5 Å². The molecule has 200 valence electrons. The summed E-state index contributed by atoms with van der Waals surface area (Å²) < 4.78 is 18.8. The summed E-state index contributed by atoms with van der Waals surface area (Å²) in [6.45, 7) is 11.9. The second-order valence-electron chi connectivity index (χ2n) is 9.70. The van der Waals surface area contributed by atoms with Crippen LogP contribution < -0.4 is 24.4 Å². The quantitative estimate of drug-likeness (QED) is 0.391. The molecule has 2 heterocycles. The Balaban J connectivity index is 1.87. The average molecular weight is 535 g/mol. The van der Waals surface area contributed by atoms with Gasteiger partial charge in [0.1, 0.15) is 0 Å². The topological polar surface area (TPSA) is 79.1 Å². The van der Waals surface area contributed by atoms with Gasteiger partial charge in [-0.25, -0.2) is 9.79 Å².